The van der Waals surface area contributed by atoms with Crippen molar-refractivity contribution in [2.75, 3.05) is 24.4 Å². The summed E-state index contributed by atoms with van der Waals surface area (Å²) in [4.78, 5) is 4.23. The Labute approximate surface area is 112 Å². The molecular weight excluding hydrogens is 272 g/mol. The third-order valence-electron chi connectivity index (χ3n) is 2.57. The van der Waals surface area contributed by atoms with Gasteiger partial charge in [-0.25, -0.2) is 13.4 Å². The minimum atomic E-state index is -3.31. The summed E-state index contributed by atoms with van der Waals surface area (Å²) in [5.74, 6) is 0.333. The van der Waals surface area contributed by atoms with Gasteiger partial charge in [0.15, 0.2) is 9.84 Å². The standard InChI is InChI=1S/C11H18N2O3S2/c1-8(9(7-14)17-2)13-11-10(18(3,15)16)5-4-6-12-11/h4-6,8-9,14H,7H2,1-3H3,(H,12,13). The van der Waals surface area contributed by atoms with Crippen LogP contribution < -0.4 is 5.32 Å². The Hall–Kier alpha value is -0.790. The van der Waals surface area contributed by atoms with Crippen LogP contribution in [0, 0.1) is 0 Å². The highest BCUT2D eigenvalue weighted by Gasteiger charge is 2.19. The number of aliphatic hydroxyl groups excluding tert-OH is 1. The minimum Gasteiger partial charge on any atom is -0.395 e. The molecule has 18 heavy (non-hydrogen) atoms. The molecule has 0 spiro atoms. The van der Waals surface area contributed by atoms with E-state index in [2.05, 4.69) is 10.3 Å². The van der Waals surface area contributed by atoms with Crippen molar-refractivity contribution in [3.8, 4) is 0 Å². The van der Waals surface area contributed by atoms with Gasteiger partial charge in [0, 0.05) is 23.7 Å². The second kappa shape index (κ2) is 6.40. The fourth-order valence-corrected chi connectivity index (χ4v) is 2.96. The van der Waals surface area contributed by atoms with Crippen LogP contribution in [0.4, 0.5) is 5.82 Å². The Morgan fingerprint density at radius 3 is 2.72 bits per heavy atom. The Kier molecular flexibility index (Phi) is 5.43. The highest BCUT2D eigenvalue weighted by atomic mass is 32.2. The van der Waals surface area contributed by atoms with Gasteiger partial charge >= 0.3 is 0 Å². The van der Waals surface area contributed by atoms with E-state index in [1.54, 1.807) is 6.07 Å². The molecule has 0 amide bonds. The maximum absolute atomic E-state index is 11.6. The van der Waals surface area contributed by atoms with Crippen molar-refractivity contribution < 1.29 is 13.5 Å². The van der Waals surface area contributed by atoms with E-state index in [1.165, 1.54) is 24.0 Å². The van der Waals surface area contributed by atoms with Crippen LogP contribution in [-0.2, 0) is 9.84 Å². The first kappa shape index (κ1) is 15.3. The molecule has 0 aliphatic rings. The third kappa shape index (κ3) is 3.86. The van der Waals surface area contributed by atoms with Crippen molar-refractivity contribution in [1.29, 1.82) is 0 Å². The molecule has 7 heteroatoms. The number of rotatable bonds is 6. The molecule has 0 aromatic carbocycles. The molecule has 2 unspecified atom stereocenters. The summed E-state index contributed by atoms with van der Waals surface area (Å²) in [6.45, 7) is 1.91. The predicted molar refractivity (Wildman–Crippen MR) is 74.8 cm³/mol. The number of thioether (sulfide) groups is 1. The third-order valence-corrected chi connectivity index (χ3v) is 4.87. The van der Waals surface area contributed by atoms with E-state index in [0.717, 1.165) is 6.26 Å². The Bertz CT molecular complexity index is 487. The number of sulfone groups is 1. The van der Waals surface area contributed by atoms with Crippen LogP contribution >= 0.6 is 11.8 Å². The molecule has 2 atom stereocenters. The van der Waals surface area contributed by atoms with E-state index >= 15 is 0 Å². The van der Waals surface area contributed by atoms with Crippen LogP contribution in [0.2, 0.25) is 0 Å². The van der Waals surface area contributed by atoms with Crippen LogP contribution in [-0.4, -0.2) is 48.9 Å². The number of nitrogens with one attached hydrogen (secondary N) is 1. The summed E-state index contributed by atoms with van der Waals surface area (Å²) >= 11 is 1.52. The van der Waals surface area contributed by atoms with Crippen LogP contribution in [0.25, 0.3) is 0 Å². The van der Waals surface area contributed by atoms with Crippen LogP contribution in [0.3, 0.4) is 0 Å². The zero-order chi connectivity index (χ0) is 13.8. The van der Waals surface area contributed by atoms with E-state index < -0.39 is 9.84 Å². The van der Waals surface area contributed by atoms with Crippen molar-refractivity contribution in [2.45, 2.75) is 23.1 Å². The molecule has 2 N–H and O–H groups in total. The second-order valence-electron chi connectivity index (χ2n) is 4.01. The molecule has 0 aliphatic heterocycles. The second-order valence-corrected chi connectivity index (χ2v) is 7.07. The average molecular weight is 290 g/mol. The molecule has 5 nitrogen and oxygen atoms in total. The first-order valence-electron chi connectivity index (χ1n) is 5.45. The largest absolute Gasteiger partial charge is 0.395 e. The van der Waals surface area contributed by atoms with Crippen molar-refractivity contribution in [2.24, 2.45) is 0 Å². The van der Waals surface area contributed by atoms with Crippen molar-refractivity contribution in [1.82, 2.24) is 4.98 Å². The molecule has 1 aromatic heterocycles. The fourth-order valence-electron chi connectivity index (χ4n) is 1.54. The van der Waals surface area contributed by atoms with E-state index in [4.69, 9.17) is 0 Å². The number of hydrogen-bond acceptors (Lipinski definition) is 6. The number of aromatic nitrogens is 1. The highest BCUT2D eigenvalue weighted by Crippen LogP contribution is 2.21. The van der Waals surface area contributed by atoms with Crippen LogP contribution in [0.1, 0.15) is 6.92 Å². The lowest BCUT2D eigenvalue weighted by atomic mass is 10.2. The van der Waals surface area contributed by atoms with Gasteiger partial charge in [-0.05, 0) is 25.3 Å². The lowest BCUT2D eigenvalue weighted by Gasteiger charge is -2.22. The molecule has 1 aromatic rings. The van der Waals surface area contributed by atoms with Gasteiger partial charge in [-0.1, -0.05) is 0 Å². The first-order valence-corrected chi connectivity index (χ1v) is 8.63. The van der Waals surface area contributed by atoms with Gasteiger partial charge in [-0.3, -0.25) is 0 Å². The van der Waals surface area contributed by atoms with Gasteiger partial charge in [0.2, 0.25) is 0 Å². The summed E-state index contributed by atoms with van der Waals surface area (Å²) in [6.07, 6.45) is 4.59. The van der Waals surface area contributed by atoms with Gasteiger partial charge in [0.25, 0.3) is 0 Å². The van der Waals surface area contributed by atoms with Crippen molar-refractivity contribution in [3.63, 3.8) is 0 Å². The smallest absolute Gasteiger partial charge is 0.179 e. The average Bonchev–Trinajstić information content (AvgIpc) is 2.30. The van der Waals surface area contributed by atoms with E-state index in [-0.39, 0.29) is 22.8 Å². The molecule has 0 aliphatic carbocycles. The quantitative estimate of drug-likeness (QED) is 0.814. The van der Waals surface area contributed by atoms with Crippen LogP contribution in [0.15, 0.2) is 23.2 Å². The van der Waals surface area contributed by atoms with Crippen molar-refractivity contribution >= 4 is 27.4 Å². The summed E-state index contributed by atoms with van der Waals surface area (Å²) in [5.41, 5.74) is 0. The lowest BCUT2D eigenvalue weighted by Crippen LogP contribution is -2.31. The van der Waals surface area contributed by atoms with E-state index in [9.17, 15) is 13.5 Å². The number of anilines is 1. The molecule has 102 valence electrons. The Balaban J connectivity index is 2.98. The zero-order valence-corrected chi connectivity index (χ0v) is 12.3. The Morgan fingerprint density at radius 1 is 1.56 bits per heavy atom. The summed E-state index contributed by atoms with van der Waals surface area (Å²) in [6, 6.07) is 3.02. The number of pyridine rings is 1. The molecular formula is C11H18N2O3S2. The van der Waals surface area contributed by atoms with Gasteiger partial charge in [-0.15, -0.1) is 0 Å². The SMILES string of the molecule is CSC(CO)C(C)Nc1ncccc1S(C)(=O)=O. The monoisotopic (exact) mass is 290 g/mol. The lowest BCUT2D eigenvalue weighted by molar-refractivity contribution is 0.288. The van der Waals surface area contributed by atoms with Gasteiger partial charge < -0.3 is 10.4 Å². The number of hydrogen-bond donors (Lipinski definition) is 2. The Morgan fingerprint density at radius 2 is 2.22 bits per heavy atom. The van der Waals surface area contributed by atoms with E-state index in [1.807, 2.05) is 13.2 Å². The normalized spacial score (nSPS) is 15.1. The highest BCUT2D eigenvalue weighted by molar-refractivity contribution is 7.99. The molecule has 0 radical (unpaired) electrons. The molecule has 0 fully saturated rings. The predicted octanol–water partition coefficient (Wildman–Crippen LogP) is 1.01. The first-order chi connectivity index (χ1) is 8.40. The van der Waals surface area contributed by atoms with Crippen molar-refractivity contribution in [3.05, 3.63) is 18.3 Å². The molecule has 0 saturated heterocycles. The van der Waals surface area contributed by atoms with Gasteiger partial charge in [0.1, 0.15) is 10.7 Å². The van der Waals surface area contributed by atoms with E-state index in [0.29, 0.717) is 5.82 Å². The van der Waals surface area contributed by atoms with Gasteiger partial charge in [-0.2, -0.15) is 11.8 Å². The topological polar surface area (TPSA) is 79.3 Å². The summed E-state index contributed by atoms with van der Waals surface area (Å²) in [7, 11) is -3.31. The molecule has 0 saturated carbocycles. The molecule has 1 heterocycles. The summed E-state index contributed by atoms with van der Waals surface area (Å²) < 4.78 is 23.2. The number of aliphatic hydroxyl groups is 1. The van der Waals surface area contributed by atoms with Gasteiger partial charge in [0.05, 0.1) is 6.61 Å². The number of nitrogens with zero attached hydrogens (tertiary/aromatic N) is 1. The van der Waals surface area contributed by atoms with Crippen LogP contribution in [0.5, 0.6) is 0 Å². The maximum Gasteiger partial charge on any atom is 0.179 e. The zero-order valence-electron chi connectivity index (χ0n) is 10.6. The maximum atomic E-state index is 11.6. The molecule has 0 bridgehead atoms. The fraction of sp³-hybridized carbons (Fsp3) is 0.545. The molecule has 1 rings (SSSR count). The summed E-state index contributed by atoms with van der Waals surface area (Å²) in [5, 5.41) is 12.2. The minimum absolute atomic E-state index is 0.0144.